The molecule has 3 nitrogen and oxygen atoms in total. The van der Waals surface area contributed by atoms with E-state index in [1.807, 2.05) is 6.92 Å². The van der Waals surface area contributed by atoms with Gasteiger partial charge in [0.05, 0.1) is 5.92 Å². The number of carbonyl (C=O) groups is 1. The van der Waals surface area contributed by atoms with Crippen LogP contribution in [0.2, 0.25) is 0 Å². The van der Waals surface area contributed by atoms with Gasteiger partial charge in [0.15, 0.2) is 0 Å². The number of aliphatic carboxylic acids is 1. The van der Waals surface area contributed by atoms with E-state index in [4.69, 9.17) is 5.11 Å². The van der Waals surface area contributed by atoms with E-state index in [0.717, 1.165) is 5.56 Å². The van der Waals surface area contributed by atoms with Crippen molar-refractivity contribution in [2.75, 3.05) is 0 Å². The lowest BCUT2D eigenvalue weighted by Gasteiger charge is -2.08. The third kappa shape index (κ3) is 1.81. The molecule has 3 heteroatoms. The maximum Gasteiger partial charge on any atom is 0.310 e. The van der Waals surface area contributed by atoms with Crippen LogP contribution < -0.4 is 0 Å². The first-order chi connectivity index (χ1) is 5.75. The van der Waals surface area contributed by atoms with Crippen molar-refractivity contribution in [3.05, 3.63) is 30.1 Å². The highest BCUT2D eigenvalue weighted by Gasteiger charge is 2.16. The average Bonchev–Trinajstić information content (AvgIpc) is 2.07. The molecule has 1 aromatic heterocycles. The molecule has 0 saturated heterocycles. The highest BCUT2D eigenvalue weighted by Crippen LogP contribution is 2.17. The summed E-state index contributed by atoms with van der Waals surface area (Å²) in [4.78, 5) is 14.5. The van der Waals surface area contributed by atoms with Crippen LogP contribution >= 0.6 is 0 Å². The molecule has 0 bridgehead atoms. The lowest BCUT2D eigenvalue weighted by Crippen LogP contribution is -2.10. The minimum Gasteiger partial charge on any atom is -0.481 e. The Labute approximate surface area is 71.1 Å². The Balaban J connectivity index is 2.88. The van der Waals surface area contributed by atoms with E-state index in [1.54, 1.807) is 24.5 Å². The van der Waals surface area contributed by atoms with Gasteiger partial charge in [0.1, 0.15) is 0 Å². The van der Waals surface area contributed by atoms with Gasteiger partial charge in [-0.15, -0.1) is 0 Å². The van der Waals surface area contributed by atoms with Crippen LogP contribution in [0.15, 0.2) is 24.5 Å². The SMILES string of the molecule is CC[C@@H](C(=O)O)c1ccncc1. The smallest absolute Gasteiger partial charge is 0.310 e. The first-order valence-electron chi connectivity index (χ1n) is 3.88. The van der Waals surface area contributed by atoms with Gasteiger partial charge >= 0.3 is 5.97 Å². The van der Waals surface area contributed by atoms with Gasteiger partial charge in [0.25, 0.3) is 0 Å². The monoisotopic (exact) mass is 165 g/mol. The van der Waals surface area contributed by atoms with Crippen molar-refractivity contribution >= 4 is 5.97 Å². The van der Waals surface area contributed by atoms with Crippen LogP contribution in [0, 0.1) is 0 Å². The highest BCUT2D eigenvalue weighted by molar-refractivity contribution is 5.75. The standard InChI is InChI=1S/C9H11NO2/c1-2-8(9(11)12)7-3-5-10-6-4-7/h3-6,8H,2H2,1H3,(H,11,12)/t8-/m1/s1. The molecule has 1 rings (SSSR count). The summed E-state index contributed by atoms with van der Waals surface area (Å²) < 4.78 is 0. The highest BCUT2D eigenvalue weighted by atomic mass is 16.4. The third-order valence-corrected chi connectivity index (χ3v) is 1.81. The van der Waals surface area contributed by atoms with Crippen LogP contribution in [-0.2, 0) is 4.79 Å². The summed E-state index contributed by atoms with van der Waals surface area (Å²) in [7, 11) is 0. The average molecular weight is 165 g/mol. The van der Waals surface area contributed by atoms with E-state index in [9.17, 15) is 4.79 Å². The minimum absolute atomic E-state index is 0.395. The second-order valence-corrected chi connectivity index (χ2v) is 2.58. The van der Waals surface area contributed by atoms with Crippen LogP contribution in [0.3, 0.4) is 0 Å². The van der Waals surface area contributed by atoms with Crippen LogP contribution in [0.4, 0.5) is 0 Å². The molecule has 1 heterocycles. The Morgan fingerprint density at radius 1 is 1.58 bits per heavy atom. The van der Waals surface area contributed by atoms with Crippen molar-refractivity contribution in [1.82, 2.24) is 4.98 Å². The van der Waals surface area contributed by atoms with Crippen LogP contribution in [0.25, 0.3) is 0 Å². The Bertz CT molecular complexity index is 258. The van der Waals surface area contributed by atoms with E-state index in [-0.39, 0.29) is 0 Å². The number of hydrogen-bond acceptors (Lipinski definition) is 2. The minimum atomic E-state index is -0.774. The zero-order valence-electron chi connectivity index (χ0n) is 6.90. The van der Waals surface area contributed by atoms with Crippen LogP contribution in [-0.4, -0.2) is 16.1 Å². The second kappa shape index (κ2) is 3.85. The van der Waals surface area contributed by atoms with Gasteiger partial charge in [0, 0.05) is 12.4 Å². The van der Waals surface area contributed by atoms with Gasteiger partial charge < -0.3 is 5.11 Å². The zero-order chi connectivity index (χ0) is 8.97. The summed E-state index contributed by atoms with van der Waals surface area (Å²) in [5.74, 6) is -1.17. The fraction of sp³-hybridized carbons (Fsp3) is 0.333. The van der Waals surface area contributed by atoms with Crippen molar-refractivity contribution in [2.45, 2.75) is 19.3 Å². The Kier molecular flexibility index (Phi) is 2.80. The summed E-state index contributed by atoms with van der Waals surface area (Å²) in [5.41, 5.74) is 0.819. The molecule has 12 heavy (non-hydrogen) atoms. The molecule has 0 radical (unpaired) electrons. The van der Waals surface area contributed by atoms with Crippen molar-refractivity contribution in [3.63, 3.8) is 0 Å². The molecule has 0 aromatic carbocycles. The number of nitrogens with zero attached hydrogens (tertiary/aromatic N) is 1. The molecule has 0 aliphatic carbocycles. The number of rotatable bonds is 3. The number of carboxylic acids is 1. The molecule has 0 spiro atoms. The number of hydrogen-bond donors (Lipinski definition) is 1. The molecule has 0 aliphatic heterocycles. The summed E-state index contributed by atoms with van der Waals surface area (Å²) >= 11 is 0. The first-order valence-corrected chi connectivity index (χ1v) is 3.88. The Hall–Kier alpha value is -1.38. The largest absolute Gasteiger partial charge is 0.481 e. The fourth-order valence-corrected chi connectivity index (χ4v) is 1.15. The van der Waals surface area contributed by atoms with E-state index >= 15 is 0 Å². The molecular formula is C9H11NO2. The predicted molar refractivity (Wildman–Crippen MR) is 44.9 cm³/mol. The number of aromatic nitrogens is 1. The number of pyridine rings is 1. The molecule has 64 valence electrons. The molecule has 0 fully saturated rings. The van der Waals surface area contributed by atoms with Crippen LogP contribution in [0.5, 0.6) is 0 Å². The molecule has 0 unspecified atom stereocenters. The molecule has 1 aromatic rings. The van der Waals surface area contributed by atoms with E-state index in [0.29, 0.717) is 6.42 Å². The Morgan fingerprint density at radius 2 is 2.17 bits per heavy atom. The normalized spacial score (nSPS) is 12.4. The quantitative estimate of drug-likeness (QED) is 0.741. The number of carboxylic acid groups (broad SMARTS) is 1. The van der Waals surface area contributed by atoms with Gasteiger partial charge in [-0.1, -0.05) is 6.92 Å². The topological polar surface area (TPSA) is 50.2 Å². The summed E-state index contributed by atoms with van der Waals surface area (Å²) in [6, 6.07) is 3.48. The summed E-state index contributed by atoms with van der Waals surface area (Å²) in [6.07, 6.45) is 3.83. The summed E-state index contributed by atoms with van der Waals surface area (Å²) in [5, 5.41) is 8.81. The molecular weight excluding hydrogens is 154 g/mol. The molecule has 0 aliphatic rings. The van der Waals surface area contributed by atoms with E-state index < -0.39 is 11.9 Å². The van der Waals surface area contributed by atoms with E-state index in [1.165, 1.54) is 0 Å². The molecule has 0 saturated carbocycles. The second-order valence-electron chi connectivity index (χ2n) is 2.58. The molecule has 1 N–H and O–H groups in total. The van der Waals surface area contributed by atoms with E-state index in [2.05, 4.69) is 4.98 Å². The third-order valence-electron chi connectivity index (χ3n) is 1.81. The molecule has 0 amide bonds. The van der Waals surface area contributed by atoms with Gasteiger partial charge in [-0.3, -0.25) is 9.78 Å². The first kappa shape index (κ1) is 8.71. The zero-order valence-corrected chi connectivity index (χ0v) is 6.90. The van der Waals surface area contributed by atoms with Gasteiger partial charge in [0.2, 0.25) is 0 Å². The Morgan fingerprint density at radius 3 is 2.58 bits per heavy atom. The van der Waals surface area contributed by atoms with Crippen molar-refractivity contribution in [3.8, 4) is 0 Å². The fourth-order valence-electron chi connectivity index (χ4n) is 1.15. The van der Waals surface area contributed by atoms with Gasteiger partial charge in [-0.05, 0) is 24.1 Å². The molecule has 1 atom stereocenters. The maximum atomic E-state index is 10.7. The summed E-state index contributed by atoms with van der Waals surface area (Å²) in [6.45, 7) is 1.86. The van der Waals surface area contributed by atoms with Crippen molar-refractivity contribution < 1.29 is 9.90 Å². The maximum absolute atomic E-state index is 10.7. The van der Waals surface area contributed by atoms with Gasteiger partial charge in [-0.25, -0.2) is 0 Å². The van der Waals surface area contributed by atoms with Crippen molar-refractivity contribution in [2.24, 2.45) is 0 Å². The van der Waals surface area contributed by atoms with Crippen LogP contribution in [0.1, 0.15) is 24.8 Å². The predicted octanol–water partition coefficient (Wildman–Crippen LogP) is 1.66. The lowest BCUT2D eigenvalue weighted by molar-refractivity contribution is -0.138. The van der Waals surface area contributed by atoms with Gasteiger partial charge in [-0.2, -0.15) is 0 Å². The lowest BCUT2D eigenvalue weighted by atomic mass is 9.98. The van der Waals surface area contributed by atoms with Crippen molar-refractivity contribution in [1.29, 1.82) is 0 Å².